The van der Waals surface area contributed by atoms with Crippen LogP contribution in [0.2, 0.25) is 0 Å². The molecule has 0 bridgehead atoms. The maximum atomic E-state index is 14.1. The van der Waals surface area contributed by atoms with E-state index in [0.29, 0.717) is 0 Å². The Labute approximate surface area is 129 Å². The molecule has 0 aromatic carbocycles. The van der Waals surface area contributed by atoms with Crippen molar-refractivity contribution in [2.24, 2.45) is 4.99 Å². The van der Waals surface area contributed by atoms with Crippen LogP contribution < -0.4 is 0 Å². The second kappa shape index (κ2) is 5.38. The smallest absolute Gasteiger partial charge is 0.376 e. The van der Waals surface area contributed by atoms with Gasteiger partial charge in [-0.2, -0.15) is 13.2 Å². The molecule has 0 amide bonds. The van der Waals surface area contributed by atoms with Crippen LogP contribution in [0.4, 0.5) is 17.6 Å². The molecule has 2 aliphatic heterocycles. The molecule has 3 aliphatic rings. The number of hydrogen-bond acceptors (Lipinski definition) is 4. The summed E-state index contributed by atoms with van der Waals surface area (Å²) in [6.07, 6.45) is 2.92. The molecule has 1 aliphatic carbocycles. The molecule has 8 heteroatoms. The Hall–Kier alpha value is -2.35. The first-order valence-electron chi connectivity index (χ1n) is 6.76. The van der Waals surface area contributed by atoms with Crippen LogP contribution in [0, 0.1) is 0 Å². The van der Waals surface area contributed by atoms with E-state index in [0.717, 1.165) is 18.4 Å². The van der Waals surface area contributed by atoms with E-state index in [9.17, 15) is 17.6 Å². The standard InChI is InChI=1S/C15H13F4N3O/c1-21-13-3-2-9(15(17,18)19)6-12(13)20-14(21)10-4-5-22(8-23)7-11(10)16/h2-7,13,23H,8H2,1H3. The predicted molar refractivity (Wildman–Crippen MR) is 76.5 cm³/mol. The van der Waals surface area contributed by atoms with Gasteiger partial charge in [-0.15, -0.1) is 0 Å². The maximum Gasteiger partial charge on any atom is 0.416 e. The second-order valence-electron chi connectivity index (χ2n) is 5.23. The van der Waals surface area contributed by atoms with Gasteiger partial charge in [0.1, 0.15) is 18.4 Å². The highest BCUT2D eigenvalue weighted by Crippen LogP contribution is 2.35. The zero-order chi connectivity index (χ0) is 16.8. The van der Waals surface area contributed by atoms with Crippen LogP contribution in [0.3, 0.4) is 0 Å². The summed E-state index contributed by atoms with van der Waals surface area (Å²) in [5.41, 5.74) is -0.404. The maximum absolute atomic E-state index is 14.1. The van der Waals surface area contributed by atoms with Gasteiger partial charge < -0.3 is 14.9 Å². The van der Waals surface area contributed by atoms with Crippen LogP contribution in [0.25, 0.3) is 0 Å². The number of fused-ring (bicyclic) bond motifs is 1. The van der Waals surface area contributed by atoms with E-state index in [4.69, 9.17) is 5.11 Å². The number of aliphatic hydroxyl groups is 1. The Balaban J connectivity index is 2.00. The van der Waals surface area contributed by atoms with Gasteiger partial charge in [-0.1, -0.05) is 12.2 Å². The number of nitrogens with zero attached hydrogens (tertiary/aromatic N) is 3. The van der Waals surface area contributed by atoms with Crippen molar-refractivity contribution in [3.05, 3.63) is 59.5 Å². The summed E-state index contributed by atoms with van der Waals surface area (Å²) in [4.78, 5) is 7.00. The molecular formula is C15H13F4N3O. The van der Waals surface area contributed by atoms with Crippen molar-refractivity contribution in [2.45, 2.75) is 12.2 Å². The van der Waals surface area contributed by atoms with Gasteiger partial charge in [0.15, 0.2) is 0 Å². The van der Waals surface area contributed by atoms with E-state index in [1.165, 1.54) is 23.3 Å². The third-order valence-corrected chi connectivity index (χ3v) is 3.75. The number of aliphatic hydroxyl groups excluding tert-OH is 1. The minimum Gasteiger partial charge on any atom is -0.376 e. The molecule has 4 nitrogen and oxygen atoms in total. The van der Waals surface area contributed by atoms with Crippen molar-refractivity contribution < 1.29 is 22.7 Å². The lowest BCUT2D eigenvalue weighted by Gasteiger charge is -2.24. The second-order valence-corrected chi connectivity index (χ2v) is 5.23. The fourth-order valence-corrected chi connectivity index (χ4v) is 2.55. The van der Waals surface area contributed by atoms with E-state index in [-0.39, 0.29) is 23.8 Å². The molecule has 23 heavy (non-hydrogen) atoms. The van der Waals surface area contributed by atoms with Crippen molar-refractivity contribution in [2.75, 3.05) is 13.8 Å². The molecular weight excluding hydrogens is 314 g/mol. The molecule has 122 valence electrons. The van der Waals surface area contributed by atoms with E-state index in [2.05, 4.69) is 4.99 Å². The highest BCUT2D eigenvalue weighted by Gasteiger charge is 2.38. The van der Waals surface area contributed by atoms with Crippen LogP contribution in [0.1, 0.15) is 0 Å². The van der Waals surface area contributed by atoms with Gasteiger partial charge in [-0.05, 0) is 12.2 Å². The first-order chi connectivity index (χ1) is 10.8. The molecule has 0 aromatic heterocycles. The minimum absolute atomic E-state index is 0.162. The van der Waals surface area contributed by atoms with Gasteiger partial charge in [0.2, 0.25) is 0 Å². The molecule has 0 spiro atoms. The summed E-state index contributed by atoms with van der Waals surface area (Å²) in [5.74, 6) is -0.368. The van der Waals surface area contributed by atoms with Crippen LogP contribution in [0.15, 0.2) is 64.5 Å². The highest BCUT2D eigenvalue weighted by molar-refractivity contribution is 6.05. The Bertz CT molecular complexity index is 713. The van der Waals surface area contributed by atoms with Gasteiger partial charge in [0, 0.05) is 19.4 Å². The van der Waals surface area contributed by atoms with E-state index >= 15 is 0 Å². The van der Waals surface area contributed by atoms with Crippen LogP contribution in [0.5, 0.6) is 0 Å². The van der Waals surface area contributed by atoms with Crippen LogP contribution in [-0.4, -0.2) is 46.6 Å². The molecule has 0 radical (unpaired) electrons. The zero-order valence-corrected chi connectivity index (χ0v) is 12.0. The monoisotopic (exact) mass is 327 g/mol. The lowest BCUT2D eigenvalue weighted by molar-refractivity contribution is -0.0882. The van der Waals surface area contributed by atoms with Gasteiger partial charge >= 0.3 is 6.18 Å². The average Bonchev–Trinajstić information content (AvgIpc) is 2.82. The molecule has 3 rings (SSSR count). The number of likely N-dealkylation sites (N-methyl/N-ethyl adjacent to an activating group) is 1. The molecule has 0 fully saturated rings. The number of halogens is 4. The Kier molecular flexibility index (Phi) is 3.63. The predicted octanol–water partition coefficient (Wildman–Crippen LogP) is 2.60. The van der Waals surface area contributed by atoms with Gasteiger partial charge in [-0.25, -0.2) is 9.38 Å². The van der Waals surface area contributed by atoms with Gasteiger partial charge in [-0.3, -0.25) is 0 Å². The Morgan fingerprint density at radius 1 is 1.30 bits per heavy atom. The zero-order valence-electron chi connectivity index (χ0n) is 12.0. The van der Waals surface area contributed by atoms with Crippen molar-refractivity contribution in [1.82, 2.24) is 9.80 Å². The molecule has 0 saturated carbocycles. The van der Waals surface area contributed by atoms with Crippen molar-refractivity contribution in [3.63, 3.8) is 0 Å². The molecule has 0 saturated heterocycles. The van der Waals surface area contributed by atoms with E-state index in [1.54, 1.807) is 11.9 Å². The summed E-state index contributed by atoms with van der Waals surface area (Å²) in [5, 5.41) is 8.97. The van der Waals surface area contributed by atoms with Crippen LogP contribution in [-0.2, 0) is 0 Å². The third kappa shape index (κ3) is 2.70. The SMILES string of the molecule is CN1C(=C2C=CN(CO)C=C2F)N=C2C=C(C(F)(F)F)C=CC21. The van der Waals surface area contributed by atoms with Gasteiger partial charge in [0.25, 0.3) is 0 Å². The number of allylic oxidation sites excluding steroid dienone is 5. The Morgan fingerprint density at radius 3 is 2.65 bits per heavy atom. The largest absolute Gasteiger partial charge is 0.416 e. The highest BCUT2D eigenvalue weighted by atomic mass is 19.4. The number of hydrogen-bond donors (Lipinski definition) is 1. The summed E-state index contributed by atoms with van der Waals surface area (Å²) in [6.45, 7) is -0.375. The first kappa shape index (κ1) is 15.5. The van der Waals surface area contributed by atoms with E-state index in [1.807, 2.05) is 0 Å². The third-order valence-electron chi connectivity index (χ3n) is 3.75. The first-order valence-corrected chi connectivity index (χ1v) is 6.76. The number of rotatable bonds is 1. The van der Waals surface area contributed by atoms with Gasteiger partial charge in [0.05, 0.1) is 22.9 Å². The molecule has 1 atom stereocenters. The minimum atomic E-state index is -4.45. The van der Waals surface area contributed by atoms with Crippen LogP contribution >= 0.6 is 0 Å². The average molecular weight is 327 g/mol. The van der Waals surface area contributed by atoms with E-state index < -0.39 is 23.6 Å². The molecule has 2 heterocycles. The van der Waals surface area contributed by atoms with Crippen molar-refractivity contribution in [1.29, 1.82) is 0 Å². The van der Waals surface area contributed by atoms with Crippen molar-refractivity contribution >= 4 is 5.71 Å². The number of alkyl halides is 3. The van der Waals surface area contributed by atoms with Crippen molar-refractivity contribution in [3.8, 4) is 0 Å². The molecule has 1 N–H and O–H groups in total. The lowest BCUT2D eigenvalue weighted by Crippen LogP contribution is -2.32. The normalized spacial score (nSPS) is 27.0. The lowest BCUT2D eigenvalue weighted by atomic mass is 10.0. The Morgan fingerprint density at radius 2 is 2.04 bits per heavy atom. The molecule has 0 aromatic rings. The summed E-state index contributed by atoms with van der Waals surface area (Å²) < 4.78 is 52.5. The summed E-state index contributed by atoms with van der Waals surface area (Å²) >= 11 is 0. The quantitative estimate of drug-likeness (QED) is 0.753. The summed E-state index contributed by atoms with van der Waals surface area (Å²) in [6, 6.07) is -0.458. The fourth-order valence-electron chi connectivity index (χ4n) is 2.55. The molecule has 1 unspecified atom stereocenters. The fraction of sp³-hybridized carbons (Fsp3) is 0.267. The topological polar surface area (TPSA) is 39.1 Å². The number of aliphatic imine (C=N–C) groups is 1. The summed E-state index contributed by atoms with van der Waals surface area (Å²) in [7, 11) is 1.64.